The predicted molar refractivity (Wildman–Crippen MR) is 94.8 cm³/mol. The molecule has 1 unspecified atom stereocenters. The second kappa shape index (κ2) is 7.84. The highest BCUT2D eigenvalue weighted by molar-refractivity contribution is 7.99. The van der Waals surface area contributed by atoms with Gasteiger partial charge in [-0.25, -0.2) is 0 Å². The van der Waals surface area contributed by atoms with E-state index in [1.165, 1.54) is 0 Å². The normalized spacial score (nSPS) is 15.6. The lowest BCUT2D eigenvalue weighted by Gasteiger charge is -2.22. The third kappa shape index (κ3) is 4.72. The van der Waals surface area contributed by atoms with Crippen LogP contribution in [0.2, 0.25) is 0 Å². The van der Waals surface area contributed by atoms with Crippen molar-refractivity contribution < 1.29 is 9.59 Å². The van der Waals surface area contributed by atoms with Gasteiger partial charge in [0.15, 0.2) is 0 Å². The van der Waals surface area contributed by atoms with E-state index in [2.05, 4.69) is 19.2 Å². The topological polar surface area (TPSA) is 75.4 Å². The molecule has 1 atom stereocenters. The molecule has 126 valence electrons. The molecular formula is C17H25N3O2S. The van der Waals surface area contributed by atoms with Gasteiger partial charge >= 0.3 is 0 Å². The zero-order valence-corrected chi connectivity index (χ0v) is 14.8. The Bertz CT molecular complexity index is 589. The fourth-order valence-corrected chi connectivity index (χ4v) is 3.29. The first-order valence-electron chi connectivity index (χ1n) is 7.96. The van der Waals surface area contributed by atoms with Crippen molar-refractivity contribution in [2.45, 2.75) is 37.6 Å². The zero-order chi connectivity index (χ0) is 17.0. The number of carbonyl (C=O) groups is 2. The Morgan fingerprint density at radius 2 is 2.17 bits per heavy atom. The molecule has 1 heterocycles. The first-order chi connectivity index (χ1) is 10.9. The molecule has 0 aromatic heterocycles. The lowest BCUT2D eigenvalue weighted by Crippen LogP contribution is -2.34. The summed E-state index contributed by atoms with van der Waals surface area (Å²) in [5, 5.41) is 2.87. The van der Waals surface area contributed by atoms with Gasteiger partial charge in [-0.3, -0.25) is 9.59 Å². The summed E-state index contributed by atoms with van der Waals surface area (Å²) in [5.74, 6) is 1.11. The summed E-state index contributed by atoms with van der Waals surface area (Å²) in [6, 6.07) is 5.59. The fraction of sp³-hybridized carbons (Fsp3) is 0.529. The molecule has 5 nitrogen and oxygen atoms in total. The van der Waals surface area contributed by atoms with Crippen LogP contribution in [0.25, 0.3) is 0 Å². The molecule has 0 bridgehead atoms. The van der Waals surface area contributed by atoms with Crippen LogP contribution >= 0.6 is 11.8 Å². The third-order valence-electron chi connectivity index (χ3n) is 4.09. The summed E-state index contributed by atoms with van der Waals surface area (Å²) < 4.78 is 0. The van der Waals surface area contributed by atoms with Crippen LogP contribution in [0.3, 0.4) is 0 Å². The second-order valence-corrected chi connectivity index (χ2v) is 7.42. The van der Waals surface area contributed by atoms with Gasteiger partial charge in [0.05, 0.1) is 5.69 Å². The average molecular weight is 335 g/mol. The number of benzene rings is 1. The number of amides is 2. The summed E-state index contributed by atoms with van der Waals surface area (Å²) in [6.07, 6.45) is 1.27. The molecular weight excluding hydrogens is 310 g/mol. The molecule has 1 aromatic carbocycles. The maximum absolute atomic E-state index is 12.5. The summed E-state index contributed by atoms with van der Waals surface area (Å²) in [7, 11) is 1.79. The number of hydrogen-bond acceptors (Lipinski definition) is 4. The lowest BCUT2D eigenvalue weighted by molar-refractivity contribution is -0.115. The highest BCUT2D eigenvalue weighted by Crippen LogP contribution is 2.31. The molecule has 6 heteroatoms. The average Bonchev–Trinajstić information content (AvgIpc) is 2.70. The Balaban J connectivity index is 2.06. The third-order valence-corrected chi connectivity index (χ3v) is 5.16. The monoisotopic (exact) mass is 335 g/mol. The van der Waals surface area contributed by atoms with Crippen LogP contribution in [0, 0.1) is 5.92 Å². The molecule has 1 aliphatic heterocycles. The first-order valence-corrected chi connectivity index (χ1v) is 8.94. The van der Waals surface area contributed by atoms with Crippen LogP contribution in [0.4, 0.5) is 5.69 Å². The molecule has 0 radical (unpaired) electrons. The molecule has 0 saturated carbocycles. The summed E-state index contributed by atoms with van der Waals surface area (Å²) in [5.41, 5.74) is 7.36. The van der Waals surface area contributed by atoms with Gasteiger partial charge in [-0.2, -0.15) is 0 Å². The predicted octanol–water partition coefficient (Wildman–Crippen LogP) is 2.57. The van der Waals surface area contributed by atoms with Crippen LogP contribution in [0.5, 0.6) is 0 Å². The van der Waals surface area contributed by atoms with Gasteiger partial charge in [-0.15, -0.1) is 11.8 Å². The van der Waals surface area contributed by atoms with Crippen molar-refractivity contribution in [2.75, 3.05) is 24.7 Å². The second-order valence-electron chi connectivity index (χ2n) is 6.28. The van der Waals surface area contributed by atoms with Crippen molar-refractivity contribution in [3.8, 4) is 0 Å². The van der Waals surface area contributed by atoms with Gasteiger partial charge in [0, 0.05) is 42.3 Å². The quantitative estimate of drug-likeness (QED) is 0.867. The minimum Gasteiger partial charge on any atom is -0.342 e. The minimum atomic E-state index is -0.0488. The van der Waals surface area contributed by atoms with Crippen LogP contribution in [0.15, 0.2) is 23.1 Å². The van der Waals surface area contributed by atoms with Crippen molar-refractivity contribution in [3.63, 3.8) is 0 Å². The van der Waals surface area contributed by atoms with E-state index in [1.54, 1.807) is 29.8 Å². The van der Waals surface area contributed by atoms with Crippen molar-refractivity contribution in [1.82, 2.24) is 4.90 Å². The number of hydrogen-bond donors (Lipinski definition) is 2. The smallest absolute Gasteiger partial charge is 0.253 e. The Kier molecular flexibility index (Phi) is 6.07. The van der Waals surface area contributed by atoms with E-state index in [1.807, 2.05) is 12.1 Å². The number of nitrogens with two attached hydrogens (primary N) is 1. The minimum absolute atomic E-state index is 0.00268. The van der Waals surface area contributed by atoms with Crippen LogP contribution in [0.1, 0.15) is 37.0 Å². The maximum atomic E-state index is 12.5. The van der Waals surface area contributed by atoms with Crippen molar-refractivity contribution in [3.05, 3.63) is 23.8 Å². The lowest BCUT2D eigenvalue weighted by atomic mass is 10.0. The molecule has 23 heavy (non-hydrogen) atoms. The van der Waals surface area contributed by atoms with E-state index in [0.717, 1.165) is 22.8 Å². The summed E-state index contributed by atoms with van der Waals surface area (Å²) >= 11 is 1.63. The van der Waals surface area contributed by atoms with Crippen LogP contribution < -0.4 is 11.1 Å². The summed E-state index contributed by atoms with van der Waals surface area (Å²) in [6.45, 7) is 4.79. The largest absolute Gasteiger partial charge is 0.342 e. The SMILES string of the molecule is CC(C)C(N)CCN(C)C(=O)c1ccc2c(c1)NC(=O)CCS2. The molecule has 0 saturated heterocycles. The molecule has 2 amide bonds. The Morgan fingerprint density at radius 1 is 1.43 bits per heavy atom. The van der Waals surface area contributed by atoms with E-state index in [4.69, 9.17) is 5.73 Å². The Morgan fingerprint density at radius 3 is 2.87 bits per heavy atom. The molecule has 0 aliphatic carbocycles. The van der Waals surface area contributed by atoms with E-state index in [-0.39, 0.29) is 17.9 Å². The van der Waals surface area contributed by atoms with Crippen molar-refractivity contribution >= 4 is 29.3 Å². The highest BCUT2D eigenvalue weighted by Gasteiger charge is 2.18. The zero-order valence-electron chi connectivity index (χ0n) is 14.0. The highest BCUT2D eigenvalue weighted by atomic mass is 32.2. The molecule has 1 aromatic rings. The summed E-state index contributed by atoms with van der Waals surface area (Å²) in [4.78, 5) is 26.9. The van der Waals surface area contributed by atoms with E-state index in [0.29, 0.717) is 24.4 Å². The molecule has 0 spiro atoms. The van der Waals surface area contributed by atoms with Gasteiger partial charge in [-0.05, 0) is 30.5 Å². The van der Waals surface area contributed by atoms with Crippen LogP contribution in [-0.4, -0.2) is 42.1 Å². The number of thioether (sulfide) groups is 1. The maximum Gasteiger partial charge on any atom is 0.253 e. The van der Waals surface area contributed by atoms with E-state index >= 15 is 0 Å². The number of nitrogens with zero attached hydrogens (tertiary/aromatic N) is 1. The van der Waals surface area contributed by atoms with Gasteiger partial charge in [0.1, 0.15) is 0 Å². The van der Waals surface area contributed by atoms with Crippen molar-refractivity contribution in [1.29, 1.82) is 0 Å². The van der Waals surface area contributed by atoms with Gasteiger partial charge in [-0.1, -0.05) is 13.8 Å². The number of fused-ring (bicyclic) bond motifs is 1. The molecule has 2 rings (SSSR count). The number of anilines is 1. The molecule has 1 aliphatic rings. The number of carbonyl (C=O) groups excluding carboxylic acids is 2. The Hall–Kier alpha value is -1.53. The molecule has 0 fully saturated rings. The van der Waals surface area contributed by atoms with Crippen LogP contribution in [-0.2, 0) is 4.79 Å². The number of rotatable bonds is 5. The van der Waals surface area contributed by atoms with Gasteiger partial charge in [0.2, 0.25) is 5.91 Å². The van der Waals surface area contributed by atoms with E-state index < -0.39 is 0 Å². The van der Waals surface area contributed by atoms with E-state index in [9.17, 15) is 9.59 Å². The first kappa shape index (κ1) is 17.8. The molecule has 3 N–H and O–H groups in total. The van der Waals surface area contributed by atoms with Gasteiger partial charge in [0.25, 0.3) is 5.91 Å². The standard InChI is InChI=1S/C17H25N3O2S/c1-11(2)13(18)6-8-20(3)17(22)12-4-5-15-14(10-12)19-16(21)7-9-23-15/h4-5,10-11,13H,6-9,18H2,1-3H3,(H,19,21). The number of nitrogens with one attached hydrogen (secondary N) is 1. The van der Waals surface area contributed by atoms with Crippen molar-refractivity contribution in [2.24, 2.45) is 11.7 Å². The fourth-order valence-electron chi connectivity index (χ4n) is 2.35. The van der Waals surface area contributed by atoms with Gasteiger partial charge < -0.3 is 16.0 Å². The Labute approximate surface area is 142 Å².